The van der Waals surface area contributed by atoms with Crippen LogP contribution in [-0.4, -0.2) is 30.9 Å². The zero-order valence-corrected chi connectivity index (χ0v) is 11.7. The zero-order chi connectivity index (χ0) is 11.4. The van der Waals surface area contributed by atoms with E-state index in [1.807, 2.05) is 6.92 Å². The molecule has 0 spiro atoms. The van der Waals surface area contributed by atoms with Gasteiger partial charge in [0.1, 0.15) is 0 Å². The van der Waals surface area contributed by atoms with Crippen LogP contribution >= 0.6 is 23.7 Å². The third-order valence-electron chi connectivity index (χ3n) is 2.19. The summed E-state index contributed by atoms with van der Waals surface area (Å²) in [6, 6.07) is 4.07. The van der Waals surface area contributed by atoms with Crippen molar-refractivity contribution in [3.63, 3.8) is 0 Å². The molecule has 1 N–H and O–H groups in total. The number of thiophene rings is 1. The molecule has 1 amide bonds. The predicted molar refractivity (Wildman–Crippen MR) is 71.3 cm³/mol. The molecule has 16 heavy (non-hydrogen) atoms. The smallest absolute Gasteiger partial charge is 0.238 e. The van der Waals surface area contributed by atoms with E-state index >= 15 is 0 Å². The lowest BCUT2D eigenvalue weighted by Crippen LogP contribution is -2.40. The van der Waals surface area contributed by atoms with Crippen molar-refractivity contribution in [1.29, 1.82) is 0 Å². The largest absolute Gasteiger partial charge is 0.347 e. The fraction of sp³-hybridized carbons (Fsp3) is 0.545. The number of nitrogens with one attached hydrogen (secondary N) is 1. The second-order valence-corrected chi connectivity index (χ2v) is 5.22. The molecule has 5 heteroatoms. The highest BCUT2D eigenvalue weighted by molar-refractivity contribution is 7.11. The van der Waals surface area contributed by atoms with Crippen LogP contribution in [-0.2, 0) is 11.3 Å². The maximum atomic E-state index is 11.5. The molecule has 1 rings (SSSR count). The highest BCUT2D eigenvalue weighted by Gasteiger charge is 2.13. The lowest BCUT2D eigenvalue weighted by Gasteiger charge is -2.17. The van der Waals surface area contributed by atoms with Gasteiger partial charge in [0.15, 0.2) is 0 Å². The van der Waals surface area contributed by atoms with Gasteiger partial charge in [-0.15, -0.1) is 23.7 Å². The summed E-state index contributed by atoms with van der Waals surface area (Å²) >= 11 is 1.76. The lowest BCUT2D eigenvalue weighted by atomic mass is 10.3. The van der Waals surface area contributed by atoms with Crippen molar-refractivity contribution < 1.29 is 4.79 Å². The van der Waals surface area contributed by atoms with E-state index in [-0.39, 0.29) is 24.4 Å². The summed E-state index contributed by atoms with van der Waals surface area (Å²) in [5.74, 6) is 0.114. The molecule has 1 atom stereocenters. The van der Waals surface area contributed by atoms with Gasteiger partial charge in [0, 0.05) is 30.4 Å². The lowest BCUT2D eigenvalue weighted by molar-refractivity contribution is -0.130. The van der Waals surface area contributed by atoms with Crippen LogP contribution in [0.3, 0.4) is 0 Å². The van der Waals surface area contributed by atoms with E-state index in [1.54, 1.807) is 30.3 Å². The van der Waals surface area contributed by atoms with Crippen molar-refractivity contribution in [2.24, 2.45) is 0 Å². The number of aryl methyl sites for hydroxylation is 1. The first kappa shape index (κ1) is 15.4. The number of carbonyl (C=O) groups is 1. The molecule has 0 bridgehead atoms. The van der Waals surface area contributed by atoms with Crippen LogP contribution in [0.25, 0.3) is 0 Å². The molecule has 0 aliphatic rings. The Kier molecular flexibility index (Phi) is 6.64. The topological polar surface area (TPSA) is 32.3 Å². The molecule has 0 fully saturated rings. The van der Waals surface area contributed by atoms with Gasteiger partial charge in [0.25, 0.3) is 0 Å². The van der Waals surface area contributed by atoms with Crippen LogP contribution in [0.4, 0.5) is 0 Å². The second-order valence-electron chi connectivity index (χ2n) is 3.85. The van der Waals surface area contributed by atoms with Crippen molar-refractivity contribution in [2.75, 3.05) is 14.1 Å². The highest BCUT2D eigenvalue weighted by Crippen LogP contribution is 2.14. The molecule has 0 unspecified atom stereocenters. The van der Waals surface area contributed by atoms with Gasteiger partial charge in [0.05, 0.1) is 6.04 Å². The first-order valence-corrected chi connectivity index (χ1v) is 5.82. The molecule has 0 aliphatic heterocycles. The Balaban J connectivity index is 0.00000225. The molecule has 0 radical (unpaired) electrons. The van der Waals surface area contributed by atoms with Gasteiger partial charge in [-0.2, -0.15) is 0 Å². The van der Waals surface area contributed by atoms with Crippen molar-refractivity contribution in [1.82, 2.24) is 10.2 Å². The van der Waals surface area contributed by atoms with Crippen molar-refractivity contribution in [3.8, 4) is 0 Å². The Hall–Kier alpha value is -0.580. The summed E-state index contributed by atoms with van der Waals surface area (Å²) in [5, 5.41) is 3.21. The summed E-state index contributed by atoms with van der Waals surface area (Å²) in [6.45, 7) is 4.74. The fourth-order valence-electron chi connectivity index (χ4n) is 1.31. The molecule has 0 aliphatic carbocycles. The third kappa shape index (κ3) is 4.51. The van der Waals surface area contributed by atoms with Crippen LogP contribution in [0.15, 0.2) is 12.1 Å². The molecule has 92 valence electrons. The molecule has 0 saturated carbocycles. The van der Waals surface area contributed by atoms with E-state index in [0.717, 1.165) is 6.54 Å². The van der Waals surface area contributed by atoms with E-state index in [0.29, 0.717) is 0 Å². The van der Waals surface area contributed by atoms with Gasteiger partial charge in [-0.3, -0.25) is 4.79 Å². The Morgan fingerprint density at radius 2 is 2.12 bits per heavy atom. The van der Waals surface area contributed by atoms with Crippen LogP contribution in [0, 0.1) is 6.92 Å². The standard InChI is InChI=1S/C11H18N2OS.ClH/c1-8-5-6-10(15-8)7-12-9(2)11(14)13(3)4;/h5-6,9,12H,7H2,1-4H3;1H/t9-;/m1./s1. The van der Waals surface area contributed by atoms with E-state index in [9.17, 15) is 4.79 Å². The summed E-state index contributed by atoms with van der Waals surface area (Å²) in [4.78, 5) is 15.7. The second kappa shape index (κ2) is 6.89. The van der Waals surface area contributed by atoms with E-state index < -0.39 is 0 Å². The summed E-state index contributed by atoms with van der Waals surface area (Å²) < 4.78 is 0. The van der Waals surface area contributed by atoms with Gasteiger partial charge in [-0.1, -0.05) is 0 Å². The zero-order valence-electron chi connectivity index (χ0n) is 10.1. The number of nitrogens with zero attached hydrogens (tertiary/aromatic N) is 1. The Bertz CT molecular complexity index is 338. The number of halogens is 1. The average Bonchev–Trinajstić information content (AvgIpc) is 2.59. The molecule has 1 heterocycles. The predicted octanol–water partition coefficient (Wildman–Crippen LogP) is 2.04. The summed E-state index contributed by atoms with van der Waals surface area (Å²) in [5.41, 5.74) is 0. The number of amides is 1. The number of hydrogen-bond donors (Lipinski definition) is 1. The summed E-state index contributed by atoms with van der Waals surface area (Å²) in [6.07, 6.45) is 0. The highest BCUT2D eigenvalue weighted by atomic mass is 35.5. The molecule has 1 aromatic rings. The van der Waals surface area contributed by atoms with Gasteiger partial charge in [-0.05, 0) is 26.0 Å². The maximum Gasteiger partial charge on any atom is 0.238 e. The third-order valence-corrected chi connectivity index (χ3v) is 3.19. The van der Waals surface area contributed by atoms with E-state index in [4.69, 9.17) is 0 Å². The number of likely N-dealkylation sites (N-methyl/N-ethyl adjacent to an activating group) is 1. The number of hydrogen-bond acceptors (Lipinski definition) is 3. The number of rotatable bonds is 4. The first-order chi connectivity index (χ1) is 7.00. The van der Waals surface area contributed by atoms with Crippen LogP contribution in [0.2, 0.25) is 0 Å². The maximum absolute atomic E-state index is 11.5. The fourth-order valence-corrected chi connectivity index (χ4v) is 2.15. The minimum absolute atomic E-state index is 0. The molecular formula is C11H19ClN2OS. The minimum Gasteiger partial charge on any atom is -0.347 e. The van der Waals surface area contributed by atoms with Crippen LogP contribution in [0.1, 0.15) is 16.7 Å². The van der Waals surface area contributed by atoms with Crippen LogP contribution in [0.5, 0.6) is 0 Å². The molecule has 3 nitrogen and oxygen atoms in total. The molecule has 0 aromatic carbocycles. The normalized spacial score (nSPS) is 11.8. The van der Waals surface area contributed by atoms with Crippen LogP contribution < -0.4 is 5.32 Å². The Morgan fingerprint density at radius 3 is 2.56 bits per heavy atom. The Morgan fingerprint density at radius 1 is 1.50 bits per heavy atom. The molecule has 1 aromatic heterocycles. The average molecular weight is 263 g/mol. The molecular weight excluding hydrogens is 244 g/mol. The van der Waals surface area contributed by atoms with Gasteiger partial charge in [-0.25, -0.2) is 0 Å². The van der Waals surface area contributed by atoms with Crippen molar-refractivity contribution >= 4 is 29.7 Å². The summed E-state index contributed by atoms with van der Waals surface area (Å²) in [7, 11) is 3.55. The van der Waals surface area contributed by atoms with Crippen molar-refractivity contribution in [3.05, 3.63) is 21.9 Å². The van der Waals surface area contributed by atoms with E-state index in [1.165, 1.54) is 9.75 Å². The van der Waals surface area contributed by atoms with Gasteiger partial charge >= 0.3 is 0 Å². The van der Waals surface area contributed by atoms with Gasteiger partial charge in [0.2, 0.25) is 5.91 Å². The number of carbonyl (C=O) groups excluding carboxylic acids is 1. The van der Waals surface area contributed by atoms with E-state index in [2.05, 4.69) is 24.4 Å². The van der Waals surface area contributed by atoms with Crippen molar-refractivity contribution in [2.45, 2.75) is 26.4 Å². The quantitative estimate of drug-likeness (QED) is 0.901. The monoisotopic (exact) mass is 262 g/mol. The van der Waals surface area contributed by atoms with Gasteiger partial charge < -0.3 is 10.2 Å². The SMILES string of the molecule is Cc1ccc(CN[C@H](C)C(=O)N(C)C)s1.Cl. The Labute approximate surface area is 107 Å². The minimum atomic E-state index is -0.123. The first-order valence-electron chi connectivity index (χ1n) is 5.00. The molecule has 0 saturated heterocycles.